The van der Waals surface area contributed by atoms with Crippen LogP contribution in [0.5, 0.6) is 0 Å². The predicted molar refractivity (Wildman–Crippen MR) is 49.3 cm³/mol. The third-order valence-corrected chi connectivity index (χ3v) is 2.16. The number of aliphatic imine (C=N–C) groups is 1. The second-order valence-corrected chi connectivity index (χ2v) is 3.10. The van der Waals surface area contributed by atoms with E-state index in [2.05, 4.69) is 11.1 Å². The summed E-state index contributed by atoms with van der Waals surface area (Å²) in [5, 5.41) is 0. The molecule has 0 N–H and O–H groups in total. The minimum atomic E-state index is 0.869. The van der Waals surface area contributed by atoms with Crippen LogP contribution < -0.4 is 0 Å². The second-order valence-electron chi connectivity index (χ2n) is 3.10. The van der Waals surface area contributed by atoms with Crippen LogP contribution >= 0.6 is 0 Å². The largest absolute Gasteiger partial charge is 0.501 e. The third kappa shape index (κ3) is 1.58. The maximum atomic E-state index is 5.27. The van der Waals surface area contributed by atoms with Crippen molar-refractivity contribution in [2.45, 2.75) is 19.3 Å². The van der Waals surface area contributed by atoms with E-state index in [1.54, 1.807) is 0 Å². The maximum Gasteiger partial charge on any atom is 0.0876 e. The molecule has 0 amide bonds. The van der Waals surface area contributed by atoms with E-state index in [1.165, 1.54) is 11.1 Å². The zero-order valence-corrected chi connectivity index (χ0v) is 7.12. The minimum Gasteiger partial charge on any atom is -0.501 e. The highest BCUT2D eigenvalue weighted by atomic mass is 16.5. The van der Waals surface area contributed by atoms with Gasteiger partial charge in [0.2, 0.25) is 0 Å². The standard InChI is InChI=1S/C10H13NO/c1-3-9(7-11-5-1)10-4-2-6-12-8-10/h3,7-8H,1-2,4-6H2. The van der Waals surface area contributed by atoms with E-state index in [9.17, 15) is 0 Å². The summed E-state index contributed by atoms with van der Waals surface area (Å²) < 4.78 is 5.27. The summed E-state index contributed by atoms with van der Waals surface area (Å²) >= 11 is 0. The van der Waals surface area contributed by atoms with Crippen molar-refractivity contribution in [3.8, 4) is 0 Å². The highest BCUT2D eigenvalue weighted by Crippen LogP contribution is 2.20. The summed E-state index contributed by atoms with van der Waals surface area (Å²) in [6.45, 7) is 1.81. The van der Waals surface area contributed by atoms with E-state index in [-0.39, 0.29) is 0 Å². The van der Waals surface area contributed by atoms with Crippen molar-refractivity contribution < 1.29 is 4.74 Å². The molecule has 0 saturated heterocycles. The molecule has 0 aromatic heterocycles. The van der Waals surface area contributed by atoms with Crippen molar-refractivity contribution in [1.82, 2.24) is 0 Å². The molecule has 0 radical (unpaired) electrons. The number of hydrogen-bond acceptors (Lipinski definition) is 2. The Hall–Kier alpha value is -1.05. The molecule has 0 aliphatic carbocycles. The first-order valence-electron chi connectivity index (χ1n) is 4.48. The molecule has 2 heteroatoms. The highest BCUT2D eigenvalue weighted by Gasteiger charge is 2.08. The minimum absolute atomic E-state index is 0.869. The van der Waals surface area contributed by atoms with Crippen LogP contribution in [0.15, 0.2) is 28.5 Å². The summed E-state index contributed by atoms with van der Waals surface area (Å²) in [5.74, 6) is 0. The van der Waals surface area contributed by atoms with Crippen LogP contribution in [0.1, 0.15) is 19.3 Å². The van der Waals surface area contributed by atoms with E-state index in [0.717, 1.165) is 32.4 Å². The van der Waals surface area contributed by atoms with Gasteiger partial charge in [-0.1, -0.05) is 6.08 Å². The maximum absolute atomic E-state index is 5.27. The van der Waals surface area contributed by atoms with Crippen molar-refractivity contribution in [3.63, 3.8) is 0 Å². The Balaban J connectivity index is 2.12. The first-order chi connectivity index (χ1) is 5.97. The van der Waals surface area contributed by atoms with Gasteiger partial charge in [0, 0.05) is 12.8 Å². The normalized spacial score (nSPS) is 22.7. The molecule has 2 nitrogen and oxygen atoms in total. The Morgan fingerprint density at radius 1 is 1.42 bits per heavy atom. The van der Waals surface area contributed by atoms with E-state index in [0.29, 0.717) is 0 Å². The number of nitrogens with zero attached hydrogens (tertiary/aromatic N) is 1. The smallest absolute Gasteiger partial charge is 0.0876 e. The van der Waals surface area contributed by atoms with Crippen LogP contribution in [0.25, 0.3) is 0 Å². The quantitative estimate of drug-likeness (QED) is 0.580. The van der Waals surface area contributed by atoms with Gasteiger partial charge < -0.3 is 4.74 Å². The van der Waals surface area contributed by atoms with Gasteiger partial charge in [-0.05, 0) is 30.4 Å². The molecular weight excluding hydrogens is 150 g/mol. The molecule has 0 saturated carbocycles. The van der Waals surface area contributed by atoms with Gasteiger partial charge in [-0.3, -0.25) is 4.99 Å². The van der Waals surface area contributed by atoms with Crippen LogP contribution in [-0.2, 0) is 4.74 Å². The Morgan fingerprint density at radius 2 is 2.42 bits per heavy atom. The molecule has 2 aliphatic rings. The van der Waals surface area contributed by atoms with Gasteiger partial charge in [-0.25, -0.2) is 0 Å². The molecule has 64 valence electrons. The van der Waals surface area contributed by atoms with Crippen molar-refractivity contribution >= 4 is 6.21 Å². The van der Waals surface area contributed by atoms with Gasteiger partial charge in [0.05, 0.1) is 12.9 Å². The van der Waals surface area contributed by atoms with Gasteiger partial charge in [-0.2, -0.15) is 0 Å². The molecule has 0 spiro atoms. The number of hydrogen-bond donors (Lipinski definition) is 0. The average molecular weight is 163 g/mol. The van der Waals surface area contributed by atoms with Gasteiger partial charge >= 0.3 is 0 Å². The van der Waals surface area contributed by atoms with Crippen molar-refractivity contribution in [1.29, 1.82) is 0 Å². The Labute approximate surface area is 72.6 Å². The molecule has 0 atom stereocenters. The predicted octanol–water partition coefficient (Wildman–Crippen LogP) is 2.08. The number of rotatable bonds is 1. The average Bonchev–Trinajstić information content (AvgIpc) is 2.21. The monoisotopic (exact) mass is 163 g/mol. The molecule has 0 bridgehead atoms. The molecular formula is C10H13NO. The SMILES string of the molecule is C1=NCCC=C1C1=COCCC1. The van der Waals surface area contributed by atoms with E-state index >= 15 is 0 Å². The number of dihydropyridines is 1. The molecule has 2 heterocycles. The fourth-order valence-electron chi connectivity index (χ4n) is 1.50. The lowest BCUT2D eigenvalue weighted by atomic mass is 10.0. The Kier molecular flexibility index (Phi) is 2.26. The lowest BCUT2D eigenvalue weighted by molar-refractivity contribution is 0.226. The van der Waals surface area contributed by atoms with Gasteiger partial charge in [-0.15, -0.1) is 0 Å². The van der Waals surface area contributed by atoms with Crippen molar-refractivity contribution in [2.24, 2.45) is 4.99 Å². The van der Waals surface area contributed by atoms with Gasteiger partial charge in [0.1, 0.15) is 0 Å². The summed E-state index contributed by atoms with van der Waals surface area (Å²) in [7, 11) is 0. The lowest BCUT2D eigenvalue weighted by Crippen LogP contribution is -2.04. The second kappa shape index (κ2) is 3.57. The third-order valence-electron chi connectivity index (χ3n) is 2.16. The van der Waals surface area contributed by atoms with Crippen LogP contribution in [0.2, 0.25) is 0 Å². The van der Waals surface area contributed by atoms with E-state index < -0.39 is 0 Å². The fraction of sp³-hybridized carbons (Fsp3) is 0.500. The summed E-state index contributed by atoms with van der Waals surface area (Å²) in [6, 6.07) is 0. The van der Waals surface area contributed by atoms with E-state index in [4.69, 9.17) is 4.74 Å². The van der Waals surface area contributed by atoms with Crippen LogP contribution in [0.3, 0.4) is 0 Å². The van der Waals surface area contributed by atoms with Gasteiger partial charge in [0.25, 0.3) is 0 Å². The molecule has 2 rings (SSSR count). The van der Waals surface area contributed by atoms with Crippen LogP contribution in [0.4, 0.5) is 0 Å². The molecule has 0 aromatic rings. The van der Waals surface area contributed by atoms with Crippen LogP contribution in [-0.4, -0.2) is 19.4 Å². The molecule has 0 unspecified atom stereocenters. The molecule has 2 aliphatic heterocycles. The first-order valence-corrected chi connectivity index (χ1v) is 4.48. The van der Waals surface area contributed by atoms with E-state index in [1.807, 2.05) is 12.5 Å². The highest BCUT2D eigenvalue weighted by molar-refractivity contribution is 5.85. The molecule has 12 heavy (non-hydrogen) atoms. The summed E-state index contributed by atoms with van der Waals surface area (Å²) in [5.41, 5.74) is 2.57. The topological polar surface area (TPSA) is 21.6 Å². The number of ether oxygens (including phenoxy) is 1. The Morgan fingerprint density at radius 3 is 3.08 bits per heavy atom. The lowest BCUT2D eigenvalue weighted by Gasteiger charge is -2.15. The zero-order chi connectivity index (χ0) is 8.23. The zero-order valence-electron chi connectivity index (χ0n) is 7.12. The first kappa shape index (κ1) is 7.59. The van der Waals surface area contributed by atoms with Crippen molar-refractivity contribution in [3.05, 3.63) is 23.5 Å². The molecule has 0 aromatic carbocycles. The fourth-order valence-corrected chi connectivity index (χ4v) is 1.50. The molecule has 0 fully saturated rings. The Bertz CT molecular complexity index is 251. The summed E-state index contributed by atoms with van der Waals surface area (Å²) in [6.07, 6.45) is 9.43. The number of allylic oxidation sites excluding steroid dienone is 2. The van der Waals surface area contributed by atoms with Gasteiger partial charge in [0.15, 0.2) is 0 Å². The van der Waals surface area contributed by atoms with Crippen LogP contribution in [0, 0.1) is 0 Å². The van der Waals surface area contributed by atoms with Crippen molar-refractivity contribution in [2.75, 3.05) is 13.2 Å². The summed E-state index contributed by atoms with van der Waals surface area (Å²) in [4.78, 5) is 4.24.